The van der Waals surface area contributed by atoms with Gasteiger partial charge in [-0.2, -0.15) is 0 Å². The summed E-state index contributed by atoms with van der Waals surface area (Å²) in [6.45, 7) is 10.5. The number of nitro benzene ring substituents is 1. The van der Waals surface area contributed by atoms with Crippen molar-refractivity contribution in [1.29, 1.82) is 0 Å². The first-order valence-corrected chi connectivity index (χ1v) is 22.4. The molecule has 8 nitrogen and oxygen atoms in total. The van der Waals surface area contributed by atoms with Gasteiger partial charge < -0.3 is 14.8 Å². The molecule has 0 spiro atoms. The number of aldehydes is 1. The summed E-state index contributed by atoms with van der Waals surface area (Å²) < 4.78 is 27.0. The summed E-state index contributed by atoms with van der Waals surface area (Å²) in [7, 11) is 0.362. The van der Waals surface area contributed by atoms with Crippen LogP contribution in [0, 0.1) is 20.9 Å². The number of carbonyl (C=O) groups excluding carboxylic acids is 1. The lowest BCUT2D eigenvalue weighted by Gasteiger charge is -2.39. The van der Waals surface area contributed by atoms with Gasteiger partial charge in [0.05, 0.1) is 21.7 Å². The Bertz CT molecular complexity index is 1970. The zero-order valence-electron chi connectivity index (χ0n) is 34.9. The van der Waals surface area contributed by atoms with Crippen molar-refractivity contribution >= 4 is 39.1 Å². The van der Waals surface area contributed by atoms with Crippen molar-refractivity contribution in [2.45, 2.75) is 116 Å². The summed E-state index contributed by atoms with van der Waals surface area (Å²) in [5, 5.41) is 23.0. The molecule has 0 amide bonds. The summed E-state index contributed by atoms with van der Waals surface area (Å²) in [4.78, 5) is 23.4. The predicted molar refractivity (Wildman–Crippen MR) is 235 cm³/mol. The van der Waals surface area contributed by atoms with Crippen LogP contribution in [0.4, 0.5) is 11.4 Å². The number of nitrogens with zero attached hydrogens (tertiary/aromatic N) is 2. The van der Waals surface area contributed by atoms with Crippen LogP contribution in [0.1, 0.15) is 121 Å². The van der Waals surface area contributed by atoms with Crippen molar-refractivity contribution in [2.24, 2.45) is 10.8 Å². The number of unbranched alkanes of at least 4 members (excludes halogenated alkanes) is 2. The molecule has 5 rings (SSSR count). The average molecular weight is 820 g/mol. The van der Waals surface area contributed by atoms with Crippen LogP contribution in [0.5, 0.6) is 0 Å². The Balaban J connectivity index is 0.000000262. The lowest BCUT2D eigenvalue weighted by atomic mass is 9.69. The van der Waals surface area contributed by atoms with E-state index < -0.39 is 26.3 Å². The summed E-state index contributed by atoms with van der Waals surface area (Å²) in [5.41, 5.74) is 3.86. The van der Waals surface area contributed by atoms with Gasteiger partial charge >= 0.3 is 0 Å². The van der Waals surface area contributed by atoms with Gasteiger partial charge in [0.2, 0.25) is 0 Å². The molecule has 0 unspecified atom stereocenters. The molecule has 0 radical (unpaired) electrons. The third-order valence-corrected chi connectivity index (χ3v) is 14.0. The predicted octanol–water partition coefficient (Wildman–Crippen LogP) is 11.6. The monoisotopic (exact) mass is 818 g/mol. The number of rotatable bonds is 15. The van der Waals surface area contributed by atoms with E-state index in [4.69, 9.17) is 11.6 Å². The van der Waals surface area contributed by atoms with Crippen molar-refractivity contribution in [1.82, 2.24) is 0 Å². The molecule has 1 aliphatic heterocycles. The topological polar surface area (TPSA) is 118 Å². The van der Waals surface area contributed by atoms with Crippen LogP contribution in [0.25, 0.3) is 0 Å². The van der Waals surface area contributed by atoms with Gasteiger partial charge in [-0.05, 0) is 85.0 Å². The molecule has 0 saturated heterocycles. The molecule has 57 heavy (non-hydrogen) atoms. The molecule has 3 atom stereocenters. The maximum absolute atomic E-state index is 13.5. The van der Waals surface area contributed by atoms with Crippen LogP contribution in [0.2, 0.25) is 5.02 Å². The van der Waals surface area contributed by atoms with E-state index in [1.165, 1.54) is 25.0 Å². The van der Waals surface area contributed by atoms with E-state index in [-0.39, 0.29) is 22.8 Å². The quantitative estimate of drug-likeness (QED) is 0.0721. The van der Waals surface area contributed by atoms with E-state index in [1.807, 2.05) is 98.7 Å². The zero-order valence-corrected chi connectivity index (χ0v) is 36.5. The van der Waals surface area contributed by atoms with Crippen molar-refractivity contribution in [3.8, 4) is 0 Å². The van der Waals surface area contributed by atoms with Crippen molar-refractivity contribution < 1.29 is 23.2 Å². The molecule has 0 bridgehead atoms. The first-order chi connectivity index (χ1) is 27.2. The number of fused-ring (bicyclic) bond motifs is 1. The van der Waals surface area contributed by atoms with Gasteiger partial charge in [0.25, 0.3) is 5.69 Å². The summed E-state index contributed by atoms with van der Waals surface area (Å²) in [5.74, 6) is -0.379. The Hall–Kier alpha value is -4.05. The molecule has 0 aromatic heterocycles. The molecule has 4 aromatic carbocycles. The van der Waals surface area contributed by atoms with Crippen LogP contribution in [0.3, 0.4) is 0 Å². The van der Waals surface area contributed by atoms with Gasteiger partial charge in [0.1, 0.15) is 6.29 Å². The number of sulfone groups is 1. The molecule has 4 aromatic rings. The number of hydrogen-bond donors (Lipinski definition) is 1. The first kappa shape index (κ1) is 47.3. The van der Waals surface area contributed by atoms with Gasteiger partial charge in [-0.25, -0.2) is 8.42 Å². The van der Waals surface area contributed by atoms with Gasteiger partial charge in [0.15, 0.2) is 9.84 Å². The Labute approximate surface area is 346 Å². The highest BCUT2D eigenvalue weighted by molar-refractivity contribution is 7.91. The lowest BCUT2D eigenvalue weighted by molar-refractivity contribution is -0.384. The fourth-order valence-electron chi connectivity index (χ4n) is 7.65. The second-order valence-corrected chi connectivity index (χ2v) is 17.9. The van der Waals surface area contributed by atoms with E-state index in [1.54, 1.807) is 12.1 Å². The number of hydrogen-bond acceptors (Lipinski definition) is 7. The molecule has 0 fully saturated rings. The molecule has 1 heterocycles. The molecule has 1 aliphatic rings. The standard InChI is InChI=1S/C24H33NO3S.C13H10ClNO2.C10H20O/c1-5-7-15-24(6-2)17-29(27,28)21-14-13-19(25(3)4)16-20(21)22(23(24)26)18-11-9-8-10-12-18;14-13-7-6-12(15(16)17)9-11(13)8-10-4-2-1-3-5-10;1-4-7-8-10(5-2,6-3)9-11/h8-14,16,22-23,26H,5-7,15,17H2,1-4H3;1-7,9H,8H2;9H,4-8H2,1-3H3/t22-,23-,24-;;/m1../s1. The minimum Gasteiger partial charge on any atom is -0.392 e. The van der Waals surface area contributed by atoms with Gasteiger partial charge in [-0.15, -0.1) is 0 Å². The lowest BCUT2D eigenvalue weighted by Crippen LogP contribution is -2.42. The molecule has 310 valence electrons. The van der Waals surface area contributed by atoms with E-state index in [0.717, 1.165) is 60.8 Å². The van der Waals surface area contributed by atoms with E-state index >= 15 is 0 Å². The highest BCUT2D eigenvalue weighted by atomic mass is 35.5. The number of nitro groups is 1. The minimum atomic E-state index is -3.52. The zero-order chi connectivity index (χ0) is 42.2. The summed E-state index contributed by atoms with van der Waals surface area (Å²) in [6, 6.07) is 29.6. The molecular weight excluding hydrogens is 756 g/mol. The highest BCUT2D eigenvalue weighted by Crippen LogP contribution is 2.49. The maximum Gasteiger partial charge on any atom is 0.269 e. The van der Waals surface area contributed by atoms with Gasteiger partial charge in [-0.1, -0.05) is 133 Å². The Kier molecular flexibility index (Phi) is 18.4. The number of aliphatic hydroxyl groups excluding tert-OH is 1. The number of non-ortho nitro benzene ring substituents is 1. The second kappa shape index (κ2) is 22.2. The number of benzene rings is 4. The van der Waals surface area contributed by atoms with E-state index in [9.17, 15) is 28.4 Å². The number of anilines is 1. The van der Waals surface area contributed by atoms with E-state index in [2.05, 4.69) is 27.7 Å². The number of halogens is 1. The molecule has 10 heteroatoms. The van der Waals surface area contributed by atoms with Crippen LogP contribution in [0.15, 0.2) is 102 Å². The second-order valence-electron chi connectivity index (χ2n) is 15.5. The average Bonchev–Trinajstić information content (AvgIpc) is 3.29. The fraction of sp³-hybridized carbons (Fsp3) is 0.468. The summed E-state index contributed by atoms with van der Waals surface area (Å²) in [6.07, 6.45) is 9.63. The Morgan fingerprint density at radius 3 is 2.04 bits per heavy atom. The van der Waals surface area contributed by atoms with Crippen LogP contribution in [-0.4, -0.2) is 50.7 Å². The molecular formula is C47H63ClN2O6S. The molecule has 0 aliphatic carbocycles. The first-order valence-electron chi connectivity index (χ1n) is 20.4. The molecule has 0 saturated carbocycles. The van der Waals surface area contributed by atoms with Crippen LogP contribution < -0.4 is 4.90 Å². The van der Waals surface area contributed by atoms with Crippen LogP contribution >= 0.6 is 11.6 Å². The Morgan fingerprint density at radius 1 is 0.895 bits per heavy atom. The number of carbonyl (C=O) groups is 1. The number of aliphatic hydroxyl groups is 1. The minimum absolute atomic E-state index is 0.00396. The maximum atomic E-state index is 13.5. The highest BCUT2D eigenvalue weighted by Gasteiger charge is 2.49. The van der Waals surface area contributed by atoms with Crippen molar-refractivity contribution in [3.05, 3.63) is 134 Å². The molecule has 1 N–H and O–H groups in total. The van der Waals surface area contributed by atoms with Crippen molar-refractivity contribution in [3.63, 3.8) is 0 Å². The van der Waals surface area contributed by atoms with Crippen molar-refractivity contribution in [2.75, 3.05) is 24.7 Å². The van der Waals surface area contributed by atoms with Gasteiger partial charge in [-0.3, -0.25) is 10.1 Å². The van der Waals surface area contributed by atoms with Gasteiger partial charge in [0, 0.05) is 53.7 Å². The van der Waals surface area contributed by atoms with Crippen LogP contribution in [-0.2, 0) is 21.1 Å². The fourth-order valence-corrected chi connectivity index (χ4v) is 10.1. The summed E-state index contributed by atoms with van der Waals surface area (Å²) >= 11 is 6.03. The largest absolute Gasteiger partial charge is 0.392 e. The Morgan fingerprint density at radius 2 is 1.51 bits per heavy atom. The normalized spacial score (nSPS) is 18.4. The SMILES string of the molecule is CCCCC(C=O)(CC)CC.CCCC[C@]1(CC)CS(=O)(=O)c2ccc(N(C)C)cc2[C@@H](c2ccccc2)[C@H]1O.O=[N+]([O-])c1ccc(Cl)c(Cc2ccccc2)c1. The van der Waals surface area contributed by atoms with E-state index in [0.29, 0.717) is 34.7 Å². The third-order valence-electron chi connectivity index (χ3n) is 11.7. The smallest absolute Gasteiger partial charge is 0.269 e. The third kappa shape index (κ3) is 12.5.